The number of hydrogen-bond acceptors (Lipinski definition) is 2. The molecule has 2 aromatic rings. The van der Waals surface area contributed by atoms with Gasteiger partial charge >= 0.3 is 0 Å². The summed E-state index contributed by atoms with van der Waals surface area (Å²) >= 11 is 11.9. The Morgan fingerprint density at radius 1 is 1.17 bits per heavy atom. The Morgan fingerprint density at radius 3 is 2.57 bits per heavy atom. The Kier molecular flexibility index (Phi) is 6.22. The summed E-state index contributed by atoms with van der Waals surface area (Å²) in [6, 6.07) is 16.6. The lowest BCUT2D eigenvalue weighted by Crippen LogP contribution is -2.26. The molecule has 23 heavy (non-hydrogen) atoms. The van der Waals surface area contributed by atoms with Crippen LogP contribution in [0.3, 0.4) is 0 Å². The molecule has 5 heteroatoms. The normalized spacial score (nSPS) is 10.9. The molecule has 0 aliphatic heterocycles. The van der Waals surface area contributed by atoms with Crippen molar-refractivity contribution < 1.29 is 4.79 Å². The second-order valence-electron chi connectivity index (χ2n) is 4.83. The summed E-state index contributed by atoms with van der Waals surface area (Å²) in [5.74, 6) is -0.422. The van der Waals surface area contributed by atoms with Crippen LogP contribution < -0.4 is 5.32 Å². The van der Waals surface area contributed by atoms with Crippen LogP contribution in [0.1, 0.15) is 11.1 Å². The predicted octanol–water partition coefficient (Wildman–Crippen LogP) is 4.26. The van der Waals surface area contributed by atoms with Crippen molar-refractivity contribution in [2.45, 2.75) is 6.42 Å². The molecule has 2 rings (SSSR count). The van der Waals surface area contributed by atoms with Crippen molar-refractivity contribution in [2.75, 3.05) is 6.54 Å². The largest absolute Gasteiger partial charge is 0.351 e. The van der Waals surface area contributed by atoms with Crippen molar-refractivity contribution in [3.63, 3.8) is 0 Å². The summed E-state index contributed by atoms with van der Waals surface area (Å²) in [5.41, 5.74) is 1.70. The zero-order chi connectivity index (χ0) is 16.7. The molecule has 3 nitrogen and oxygen atoms in total. The van der Waals surface area contributed by atoms with Crippen LogP contribution in [0.2, 0.25) is 10.0 Å². The van der Waals surface area contributed by atoms with Crippen molar-refractivity contribution in [1.82, 2.24) is 5.32 Å². The van der Waals surface area contributed by atoms with Gasteiger partial charge in [-0.2, -0.15) is 5.26 Å². The van der Waals surface area contributed by atoms with E-state index >= 15 is 0 Å². The summed E-state index contributed by atoms with van der Waals surface area (Å²) in [7, 11) is 0. The van der Waals surface area contributed by atoms with Crippen molar-refractivity contribution in [2.24, 2.45) is 0 Å². The van der Waals surface area contributed by atoms with E-state index in [1.54, 1.807) is 18.2 Å². The molecule has 0 aliphatic rings. The highest BCUT2D eigenvalue weighted by molar-refractivity contribution is 6.35. The Balaban J connectivity index is 2.01. The number of halogens is 2. The highest BCUT2D eigenvalue weighted by Gasteiger charge is 2.09. The lowest BCUT2D eigenvalue weighted by Gasteiger charge is -2.05. The van der Waals surface area contributed by atoms with Crippen LogP contribution in [0, 0.1) is 11.3 Å². The lowest BCUT2D eigenvalue weighted by molar-refractivity contribution is -0.117. The average molecular weight is 345 g/mol. The first-order valence-corrected chi connectivity index (χ1v) is 7.74. The molecule has 0 unspecified atom stereocenters. The highest BCUT2D eigenvalue weighted by atomic mass is 35.5. The van der Waals surface area contributed by atoms with Crippen molar-refractivity contribution in [1.29, 1.82) is 5.26 Å². The van der Waals surface area contributed by atoms with Crippen LogP contribution in [0.4, 0.5) is 0 Å². The van der Waals surface area contributed by atoms with Gasteiger partial charge in [0.05, 0.1) is 0 Å². The lowest BCUT2D eigenvalue weighted by atomic mass is 10.1. The number of amides is 1. The summed E-state index contributed by atoms with van der Waals surface area (Å²) in [5, 5.41) is 12.8. The quantitative estimate of drug-likeness (QED) is 0.650. The molecule has 0 aliphatic carbocycles. The molecule has 0 spiro atoms. The Bertz CT molecular complexity index is 764. The maximum atomic E-state index is 12.1. The molecule has 0 aromatic heterocycles. The molecule has 1 amide bonds. The van der Waals surface area contributed by atoms with E-state index in [1.165, 1.54) is 6.08 Å². The minimum atomic E-state index is -0.422. The van der Waals surface area contributed by atoms with E-state index in [0.29, 0.717) is 28.6 Å². The van der Waals surface area contributed by atoms with Gasteiger partial charge in [0.2, 0.25) is 0 Å². The minimum absolute atomic E-state index is 0.00211. The SMILES string of the molecule is N#C/C(=C\c1ccc(Cl)cc1Cl)C(=O)NCCc1ccccc1. The number of hydrogen-bond donors (Lipinski definition) is 1. The average Bonchev–Trinajstić information content (AvgIpc) is 2.55. The van der Waals surface area contributed by atoms with E-state index in [2.05, 4.69) is 5.32 Å². The Morgan fingerprint density at radius 2 is 1.91 bits per heavy atom. The Labute approximate surface area is 145 Å². The molecule has 0 heterocycles. The zero-order valence-corrected chi connectivity index (χ0v) is 13.7. The number of nitriles is 1. The zero-order valence-electron chi connectivity index (χ0n) is 12.2. The molecule has 0 fully saturated rings. The maximum Gasteiger partial charge on any atom is 0.261 e. The summed E-state index contributed by atoms with van der Waals surface area (Å²) in [6.07, 6.45) is 2.16. The summed E-state index contributed by atoms with van der Waals surface area (Å²) in [4.78, 5) is 12.1. The van der Waals surface area contributed by atoms with Gasteiger partial charge in [0.15, 0.2) is 0 Å². The first kappa shape index (κ1) is 17.1. The second-order valence-corrected chi connectivity index (χ2v) is 5.67. The molecule has 0 saturated heterocycles. The van der Waals surface area contributed by atoms with Gasteiger partial charge in [0, 0.05) is 16.6 Å². The third kappa shape index (κ3) is 5.14. The smallest absolute Gasteiger partial charge is 0.261 e. The first-order valence-electron chi connectivity index (χ1n) is 6.99. The molecule has 1 N–H and O–H groups in total. The number of carbonyl (C=O) groups excluding carboxylic acids is 1. The summed E-state index contributed by atoms with van der Waals surface area (Å²) < 4.78 is 0. The van der Waals surface area contributed by atoms with Crippen LogP contribution in [-0.2, 0) is 11.2 Å². The fourth-order valence-corrected chi connectivity index (χ4v) is 2.45. The van der Waals surface area contributed by atoms with Crippen molar-refractivity contribution in [3.05, 3.63) is 75.3 Å². The van der Waals surface area contributed by atoms with Crippen molar-refractivity contribution in [3.8, 4) is 6.07 Å². The molecule has 0 radical (unpaired) electrons. The molecule has 2 aromatic carbocycles. The van der Waals surface area contributed by atoms with Crippen LogP contribution in [-0.4, -0.2) is 12.5 Å². The standard InChI is InChI=1S/C18H14Cl2N2O/c19-16-7-6-14(17(20)11-16)10-15(12-21)18(23)22-9-8-13-4-2-1-3-5-13/h1-7,10-11H,8-9H2,(H,22,23)/b15-10+. The third-order valence-corrected chi connectivity index (χ3v) is 3.73. The van der Waals surface area contributed by atoms with Crippen LogP contribution >= 0.6 is 23.2 Å². The van der Waals surface area contributed by atoms with Gasteiger partial charge in [-0.25, -0.2) is 0 Å². The monoisotopic (exact) mass is 344 g/mol. The van der Waals surface area contributed by atoms with E-state index in [4.69, 9.17) is 23.2 Å². The fraction of sp³-hybridized carbons (Fsp3) is 0.111. The Hall–Kier alpha value is -2.28. The minimum Gasteiger partial charge on any atom is -0.351 e. The van der Waals surface area contributed by atoms with E-state index in [9.17, 15) is 10.1 Å². The van der Waals surface area contributed by atoms with Gasteiger partial charge < -0.3 is 5.32 Å². The maximum absolute atomic E-state index is 12.1. The molecule has 0 bridgehead atoms. The molecule has 116 valence electrons. The second kappa shape index (κ2) is 8.38. The van der Waals surface area contributed by atoms with Crippen LogP contribution in [0.15, 0.2) is 54.1 Å². The predicted molar refractivity (Wildman–Crippen MR) is 93.2 cm³/mol. The van der Waals surface area contributed by atoms with Crippen LogP contribution in [0.25, 0.3) is 6.08 Å². The summed E-state index contributed by atoms with van der Waals surface area (Å²) in [6.45, 7) is 0.455. The third-order valence-electron chi connectivity index (χ3n) is 3.17. The first-order chi connectivity index (χ1) is 11.1. The highest BCUT2D eigenvalue weighted by Crippen LogP contribution is 2.23. The molecule has 0 atom stereocenters. The van der Waals surface area contributed by atoms with Gasteiger partial charge in [-0.1, -0.05) is 59.6 Å². The molecular weight excluding hydrogens is 331 g/mol. The van der Waals surface area contributed by atoms with E-state index in [-0.39, 0.29) is 5.57 Å². The number of nitrogens with zero attached hydrogens (tertiary/aromatic N) is 1. The fourth-order valence-electron chi connectivity index (χ4n) is 1.98. The number of benzene rings is 2. The van der Waals surface area contributed by atoms with Gasteiger partial charge in [0.25, 0.3) is 5.91 Å². The van der Waals surface area contributed by atoms with E-state index < -0.39 is 5.91 Å². The van der Waals surface area contributed by atoms with Crippen LogP contribution in [0.5, 0.6) is 0 Å². The van der Waals surface area contributed by atoms with E-state index in [0.717, 1.165) is 5.56 Å². The van der Waals surface area contributed by atoms with Gasteiger partial charge in [0.1, 0.15) is 11.6 Å². The molecule has 0 saturated carbocycles. The molecular formula is C18H14Cl2N2O. The van der Waals surface area contributed by atoms with Crippen molar-refractivity contribution >= 4 is 35.2 Å². The number of carbonyl (C=O) groups is 1. The van der Waals surface area contributed by atoms with Gasteiger partial charge in [-0.15, -0.1) is 0 Å². The number of nitrogens with one attached hydrogen (secondary N) is 1. The number of rotatable bonds is 5. The van der Waals surface area contributed by atoms with E-state index in [1.807, 2.05) is 36.4 Å². The topological polar surface area (TPSA) is 52.9 Å². The van der Waals surface area contributed by atoms with Gasteiger partial charge in [-0.3, -0.25) is 4.79 Å². The van der Waals surface area contributed by atoms with Gasteiger partial charge in [-0.05, 0) is 35.8 Å².